The highest BCUT2D eigenvalue weighted by Crippen LogP contribution is 2.14. The highest BCUT2D eigenvalue weighted by molar-refractivity contribution is 7.07. The molecule has 2 aromatic rings. The number of carbonyl (C=O) groups excluding carboxylic acids is 1. The van der Waals surface area contributed by atoms with Gasteiger partial charge in [0.1, 0.15) is 5.69 Å². The van der Waals surface area contributed by atoms with E-state index in [1.165, 1.54) is 11.3 Å². The van der Waals surface area contributed by atoms with Crippen molar-refractivity contribution in [2.24, 2.45) is 0 Å². The van der Waals surface area contributed by atoms with Crippen molar-refractivity contribution in [2.45, 2.75) is 13.0 Å². The van der Waals surface area contributed by atoms with Gasteiger partial charge in [-0.2, -0.15) is 0 Å². The molecule has 0 aliphatic rings. The van der Waals surface area contributed by atoms with Crippen molar-refractivity contribution >= 4 is 22.9 Å². The van der Waals surface area contributed by atoms with Crippen molar-refractivity contribution in [1.82, 2.24) is 10.3 Å². The summed E-state index contributed by atoms with van der Waals surface area (Å²) in [5, 5.41) is 4.61. The van der Waals surface area contributed by atoms with E-state index < -0.39 is 0 Å². The zero-order chi connectivity index (χ0) is 12.3. The molecule has 1 aromatic heterocycles. The molecule has 0 saturated carbocycles. The highest BCUT2D eigenvalue weighted by atomic mass is 32.1. The number of thiazole rings is 1. The van der Waals surface area contributed by atoms with Crippen LogP contribution in [0.15, 0.2) is 35.2 Å². The molecule has 88 valence electrons. The minimum atomic E-state index is -0.157. The van der Waals surface area contributed by atoms with E-state index in [4.69, 9.17) is 5.73 Å². The third-order valence-electron chi connectivity index (χ3n) is 2.45. The zero-order valence-corrected chi connectivity index (χ0v) is 10.2. The standard InChI is InChI=1S/C12H13N3OS/c1-8(9-2-4-10(13)5-3-9)15-12(16)11-6-17-7-14-11/h2-8H,13H2,1H3,(H,15,16). The van der Waals surface area contributed by atoms with Crippen LogP contribution in [0, 0.1) is 0 Å². The molecular formula is C12H13N3OS. The Balaban J connectivity index is 2.04. The molecule has 1 atom stereocenters. The number of nitrogens with two attached hydrogens (primary N) is 1. The molecule has 17 heavy (non-hydrogen) atoms. The summed E-state index contributed by atoms with van der Waals surface area (Å²) < 4.78 is 0. The number of benzene rings is 1. The number of nitrogen functional groups attached to an aromatic ring is 1. The molecule has 0 saturated heterocycles. The molecule has 1 aromatic carbocycles. The van der Waals surface area contributed by atoms with Crippen molar-refractivity contribution in [3.05, 3.63) is 46.4 Å². The van der Waals surface area contributed by atoms with Crippen LogP contribution in [-0.2, 0) is 0 Å². The van der Waals surface area contributed by atoms with Crippen LogP contribution in [0.3, 0.4) is 0 Å². The van der Waals surface area contributed by atoms with E-state index >= 15 is 0 Å². The Morgan fingerprint density at radius 3 is 2.71 bits per heavy atom. The van der Waals surface area contributed by atoms with Gasteiger partial charge in [-0.1, -0.05) is 12.1 Å². The zero-order valence-electron chi connectivity index (χ0n) is 9.38. The number of nitrogens with zero attached hydrogens (tertiary/aromatic N) is 1. The third-order valence-corrected chi connectivity index (χ3v) is 3.04. The second-order valence-corrected chi connectivity index (χ2v) is 4.45. The number of amides is 1. The predicted octanol–water partition coefficient (Wildman–Crippen LogP) is 2.22. The topological polar surface area (TPSA) is 68.0 Å². The molecule has 0 aliphatic carbocycles. The molecule has 0 radical (unpaired) electrons. The Morgan fingerprint density at radius 2 is 2.12 bits per heavy atom. The second-order valence-electron chi connectivity index (χ2n) is 3.74. The van der Waals surface area contributed by atoms with Crippen LogP contribution < -0.4 is 11.1 Å². The smallest absolute Gasteiger partial charge is 0.271 e. The van der Waals surface area contributed by atoms with Crippen LogP contribution in [0.4, 0.5) is 5.69 Å². The van der Waals surface area contributed by atoms with Crippen LogP contribution in [-0.4, -0.2) is 10.9 Å². The molecule has 1 unspecified atom stereocenters. The number of anilines is 1. The van der Waals surface area contributed by atoms with Gasteiger partial charge < -0.3 is 11.1 Å². The SMILES string of the molecule is CC(NC(=O)c1cscn1)c1ccc(N)cc1. The average molecular weight is 247 g/mol. The molecule has 0 fully saturated rings. The van der Waals surface area contributed by atoms with E-state index in [1.54, 1.807) is 10.9 Å². The van der Waals surface area contributed by atoms with Crippen molar-refractivity contribution in [2.75, 3.05) is 5.73 Å². The molecule has 0 aliphatic heterocycles. The number of rotatable bonds is 3. The summed E-state index contributed by atoms with van der Waals surface area (Å²) in [4.78, 5) is 15.7. The van der Waals surface area contributed by atoms with Gasteiger partial charge in [0, 0.05) is 11.1 Å². The Bertz CT molecular complexity index is 493. The highest BCUT2D eigenvalue weighted by Gasteiger charge is 2.12. The van der Waals surface area contributed by atoms with Crippen LogP contribution in [0.1, 0.15) is 29.0 Å². The quantitative estimate of drug-likeness (QED) is 0.817. The lowest BCUT2D eigenvalue weighted by molar-refractivity contribution is 0.0935. The van der Waals surface area contributed by atoms with Gasteiger partial charge in [0.2, 0.25) is 0 Å². The minimum absolute atomic E-state index is 0.0650. The lowest BCUT2D eigenvalue weighted by atomic mass is 10.1. The molecule has 3 N–H and O–H groups in total. The van der Waals surface area contributed by atoms with Crippen LogP contribution in [0.2, 0.25) is 0 Å². The maximum atomic E-state index is 11.8. The molecule has 1 heterocycles. The summed E-state index contributed by atoms with van der Waals surface area (Å²) in [5.74, 6) is -0.157. The van der Waals surface area contributed by atoms with Crippen molar-refractivity contribution in [1.29, 1.82) is 0 Å². The maximum Gasteiger partial charge on any atom is 0.271 e. The Morgan fingerprint density at radius 1 is 1.41 bits per heavy atom. The first-order valence-corrected chi connectivity index (χ1v) is 6.15. The van der Waals surface area contributed by atoms with E-state index in [2.05, 4.69) is 10.3 Å². The third kappa shape index (κ3) is 2.82. The van der Waals surface area contributed by atoms with Gasteiger partial charge in [-0.3, -0.25) is 4.79 Å². The van der Waals surface area contributed by atoms with Gasteiger partial charge in [0.15, 0.2) is 0 Å². The van der Waals surface area contributed by atoms with Crippen molar-refractivity contribution < 1.29 is 4.79 Å². The molecular weight excluding hydrogens is 234 g/mol. The first-order valence-electron chi connectivity index (χ1n) is 5.21. The molecule has 0 bridgehead atoms. The van der Waals surface area contributed by atoms with Gasteiger partial charge >= 0.3 is 0 Å². The Labute approximate surface area is 103 Å². The number of carbonyl (C=O) groups is 1. The number of aromatic nitrogens is 1. The fourth-order valence-electron chi connectivity index (χ4n) is 1.46. The Kier molecular flexibility index (Phi) is 3.39. The van der Waals surface area contributed by atoms with Crippen molar-refractivity contribution in [3.8, 4) is 0 Å². The summed E-state index contributed by atoms with van der Waals surface area (Å²) in [5.41, 5.74) is 9.44. The van der Waals surface area contributed by atoms with E-state index in [1.807, 2.05) is 31.2 Å². The summed E-state index contributed by atoms with van der Waals surface area (Å²) in [6, 6.07) is 7.38. The van der Waals surface area contributed by atoms with E-state index in [0.717, 1.165) is 5.56 Å². The maximum absolute atomic E-state index is 11.8. The fourth-order valence-corrected chi connectivity index (χ4v) is 2.00. The van der Waals surface area contributed by atoms with Crippen LogP contribution in [0.25, 0.3) is 0 Å². The second kappa shape index (κ2) is 4.97. The van der Waals surface area contributed by atoms with E-state index in [9.17, 15) is 4.79 Å². The van der Waals surface area contributed by atoms with E-state index in [-0.39, 0.29) is 11.9 Å². The van der Waals surface area contributed by atoms with Crippen LogP contribution in [0.5, 0.6) is 0 Å². The van der Waals surface area contributed by atoms with Gasteiger partial charge in [-0.25, -0.2) is 4.98 Å². The van der Waals surface area contributed by atoms with Crippen LogP contribution >= 0.6 is 11.3 Å². The summed E-state index contributed by atoms with van der Waals surface area (Å²) in [6.45, 7) is 1.93. The summed E-state index contributed by atoms with van der Waals surface area (Å²) in [7, 11) is 0. The number of hydrogen-bond acceptors (Lipinski definition) is 4. The van der Waals surface area contributed by atoms with Gasteiger partial charge in [-0.05, 0) is 24.6 Å². The molecule has 1 amide bonds. The lowest BCUT2D eigenvalue weighted by Gasteiger charge is -2.13. The summed E-state index contributed by atoms with van der Waals surface area (Å²) >= 11 is 1.40. The van der Waals surface area contributed by atoms with Crippen molar-refractivity contribution in [3.63, 3.8) is 0 Å². The van der Waals surface area contributed by atoms with Gasteiger partial charge in [0.25, 0.3) is 5.91 Å². The lowest BCUT2D eigenvalue weighted by Crippen LogP contribution is -2.26. The predicted molar refractivity (Wildman–Crippen MR) is 68.8 cm³/mol. The molecule has 4 nitrogen and oxygen atoms in total. The fraction of sp³-hybridized carbons (Fsp3) is 0.167. The molecule has 0 spiro atoms. The molecule has 2 rings (SSSR count). The first kappa shape index (κ1) is 11.6. The largest absolute Gasteiger partial charge is 0.399 e. The van der Waals surface area contributed by atoms with Gasteiger partial charge in [-0.15, -0.1) is 11.3 Å². The number of nitrogens with one attached hydrogen (secondary N) is 1. The summed E-state index contributed by atoms with van der Waals surface area (Å²) in [6.07, 6.45) is 0. The average Bonchev–Trinajstić information content (AvgIpc) is 2.83. The molecule has 5 heteroatoms. The first-order chi connectivity index (χ1) is 8.16. The Hall–Kier alpha value is -1.88. The van der Waals surface area contributed by atoms with Gasteiger partial charge in [0.05, 0.1) is 11.6 Å². The minimum Gasteiger partial charge on any atom is -0.399 e. The monoisotopic (exact) mass is 247 g/mol. The van der Waals surface area contributed by atoms with E-state index in [0.29, 0.717) is 11.4 Å². The number of hydrogen-bond donors (Lipinski definition) is 2. The normalized spacial score (nSPS) is 12.1.